The third-order valence-corrected chi connectivity index (χ3v) is 5.07. The third kappa shape index (κ3) is 3.41. The largest absolute Gasteiger partial charge is 0.338 e. The number of rotatable bonds is 4. The molecule has 4 heteroatoms. The lowest BCUT2D eigenvalue weighted by atomic mass is 9.77. The van der Waals surface area contributed by atoms with Crippen LogP contribution in [0, 0.1) is 5.41 Å². The molecule has 116 valence electrons. The normalized spacial score (nSPS) is 23.6. The van der Waals surface area contributed by atoms with Gasteiger partial charge in [0.1, 0.15) is 0 Å². The quantitative estimate of drug-likeness (QED) is 0.921. The van der Waals surface area contributed by atoms with Crippen LogP contribution >= 0.6 is 11.6 Å². The molecular weight excluding hydrogens is 284 g/mol. The fraction of sp³-hybridized carbons (Fsp3) is 0.588. The Hall–Kier alpha value is -1.06. The van der Waals surface area contributed by atoms with E-state index in [9.17, 15) is 4.79 Å². The maximum Gasteiger partial charge on any atom is 0.230 e. The molecule has 2 rings (SSSR count). The number of amides is 1. The second kappa shape index (κ2) is 6.80. The van der Waals surface area contributed by atoms with Crippen LogP contribution in [-0.2, 0) is 4.79 Å². The number of nitrogens with one attached hydrogen (secondary N) is 1. The summed E-state index contributed by atoms with van der Waals surface area (Å²) in [6, 6.07) is 7.79. The molecule has 1 aliphatic rings. The molecule has 1 N–H and O–H groups in total. The van der Waals surface area contributed by atoms with Gasteiger partial charge in [0.2, 0.25) is 5.91 Å². The van der Waals surface area contributed by atoms with Gasteiger partial charge in [-0.25, -0.2) is 0 Å². The van der Waals surface area contributed by atoms with Crippen molar-refractivity contribution in [3.63, 3.8) is 0 Å². The number of carbonyl (C=O) groups excluding carboxylic acids is 1. The number of hydrogen-bond donors (Lipinski definition) is 1. The highest BCUT2D eigenvalue weighted by molar-refractivity contribution is 6.30. The summed E-state index contributed by atoms with van der Waals surface area (Å²) in [6.45, 7) is 5.98. The Morgan fingerprint density at radius 1 is 1.52 bits per heavy atom. The summed E-state index contributed by atoms with van der Waals surface area (Å²) in [7, 11) is 1.90. The van der Waals surface area contributed by atoms with Crippen LogP contribution in [0.25, 0.3) is 0 Å². The molecule has 0 radical (unpaired) electrons. The van der Waals surface area contributed by atoms with Crippen molar-refractivity contribution in [3.8, 4) is 0 Å². The van der Waals surface area contributed by atoms with Crippen molar-refractivity contribution < 1.29 is 4.79 Å². The molecule has 1 fully saturated rings. The Kier molecular flexibility index (Phi) is 5.28. The molecule has 0 aliphatic carbocycles. The molecule has 2 unspecified atom stereocenters. The lowest BCUT2D eigenvalue weighted by Gasteiger charge is -2.40. The number of hydrogen-bond acceptors (Lipinski definition) is 2. The van der Waals surface area contributed by atoms with E-state index in [0.717, 1.165) is 37.9 Å². The van der Waals surface area contributed by atoms with Crippen LogP contribution in [0.4, 0.5) is 0 Å². The Balaban J connectivity index is 2.17. The Morgan fingerprint density at radius 2 is 2.29 bits per heavy atom. The molecule has 2 atom stereocenters. The van der Waals surface area contributed by atoms with Crippen LogP contribution in [-0.4, -0.2) is 30.9 Å². The van der Waals surface area contributed by atoms with Crippen molar-refractivity contribution in [2.24, 2.45) is 5.41 Å². The summed E-state index contributed by atoms with van der Waals surface area (Å²) in [6.07, 6.45) is 2.92. The van der Waals surface area contributed by atoms with Gasteiger partial charge in [-0.05, 0) is 50.4 Å². The van der Waals surface area contributed by atoms with Crippen LogP contribution in [0.1, 0.15) is 44.7 Å². The summed E-state index contributed by atoms with van der Waals surface area (Å²) >= 11 is 6.06. The van der Waals surface area contributed by atoms with Gasteiger partial charge in [-0.2, -0.15) is 0 Å². The zero-order valence-electron chi connectivity index (χ0n) is 13.2. The molecule has 1 aromatic carbocycles. The topological polar surface area (TPSA) is 32.3 Å². The number of halogens is 1. The van der Waals surface area contributed by atoms with Gasteiger partial charge in [-0.1, -0.05) is 30.7 Å². The smallest absolute Gasteiger partial charge is 0.230 e. The van der Waals surface area contributed by atoms with Crippen LogP contribution in [0.15, 0.2) is 24.3 Å². The SMILES string of the molecule is CCC1(C(=O)N(C)C(C)c2cccc(Cl)c2)CCCNC1. The van der Waals surface area contributed by atoms with Crippen LogP contribution < -0.4 is 5.32 Å². The van der Waals surface area contributed by atoms with E-state index in [0.29, 0.717) is 5.02 Å². The number of benzene rings is 1. The Bertz CT molecular complexity index is 497. The van der Waals surface area contributed by atoms with E-state index in [1.165, 1.54) is 0 Å². The van der Waals surface area contributed by atoms with Crippen LogP contribution in [0.2, 0.25) is 5.02 Å². The maximum atomic E-state index is 13.0. The maximum absolute atomic E-state index is 13.0. The summed E-state index contributed by atoms with van der Waals surface area (Å²) in [4.78, 5) is 14.9. The Morgan fingerprint density at radius 3 is 2.86 bits per heavy atom. The zero-order chi connectivity index (χ0) is 15.5. The monoisotopic (exact) mass is 308 g/mol. The fourth-order valence-electron chi connectivity index (χ4n) is 3.14. The van der Waals surface area contributed by atoms with E-state index in [2.05, 4.69) is 19.2 Å². The number of piperidine rings is 1. The third-order valence-electron chi connectivity index (χ3n) is 4.84. The van der Waals surface area contributed by atoms with Crippen molar-refractivity contribution in [1.82, 2.24) is 10.2 Å². The molecule has 0 aromatic heterocycles. The molecule has 1 saturated heterocycles. The minimum absolute atomic E-state index is 0.0292. The van der Waals surface area contributed by atoms with Crippen LogP contribution in [0.3, 0.4) is 0 Å². The van der Waals surface area contributed by atoms with E-state index in [1.807, 2.05) is 36.2 Å². The van der Waals surface area contributed by atoms with Gasteiger partial charge in [-0.3, -0.25) is 4.79 Å². The molecule has 21 heavy (non-hydrogen) atoms. The van der Waals surface area contributed by atoms with Gasteiger partial charge in [0.15, 0.2) is 0 Å². The molecular formula is C17H25ClN2O. The van der Waals surface area contributed by atoms with E-state index in [4.69, 9.17) is 11.6 Å². The molecule has 0 spiro atoms. The summed E-state index contributed by atoms with van der Waals surface area (Å²) in [5.41, 5.74) is 0.827. The molecule has 1 aromatic rings. The van der Waals surface area contributed by atoms with Crippen molar-refractivity contribution in [2.45, 2.75) is 39.2 Å². The van der Waals surface area contributed by atoms with Crippen molar-refractivity contribution in [3.05, 3.63) is 34.9 Å². The molecule has 1 heterocycles. The highest BCUT2D eigenvalue weighted by atomic mass is 35.5. The lowest BCUT2D eigenvalue weighted by Crippen LogP contribution is -2.51. The predicted molar refractivity (Wildman–Crippen MR) is 87.5 cm³/mol. The minimum atomic E-state index is -0.250. The standard InChI is InChI=1S/C17H25ClN2O/c1-4-17(9-6-10-19-12-17)16(21)20(3)13(2)14-7-5-8-15(18)11-14/h5,7-8,11,13,19H,4,6,9-10,12H2,1-3H3. The number of nitrogens with zero attached hydrogens (tertiary/aromatic N) is 1. The first kappa shape index (κ1) is 16.3. The van der Waals surface area contributed by atoms with Gasteiger partial charge in [-0.15, -0.1) is 0 Å². The average molecular weight is 309 g/mol. The van der Waals surface area contributed by atoms with Gasteiger partial charge < -0.3 is 10.2 Å². The van der Waals surface area contributed by atoms with Crippen LogP contribution in [0.5, 0.6) is 0 Å². The highest BCUT2D eigenvalue weighted by Crippen LogP contribution is 2.34. The van der Waals surface area contributed by atoms with E-state index in [-0.39, 0.29) is 17.4 Å². The molecule has 1 amide bonds. The summed E-state index contributed by atoms with van der Waals surface area (Å²) in [5.74, 6) is 0.240. The minimum Gasteiger partial charge on any atom is -0.338 e. The zero-order valence-corrected chi connectivity index (χ0v) is 13.9. The fourth-order valence-corrected chi connectivity index (χ4v) is 3.34. The van der Waals surface area contributed by atoms with E-state index in [1.54, 1.807) is 0 Å². The molecule has 0 saturated carbocycles. The van der Waals surface area contributed by atoms with E-state index >= 15 is 0 Å². The second-order valence-corrected chi connectivity index (χ2v) is 6.50. The van der Waals surface area contributed by atoms with Crippen molar-refractivity contribution >= 4 is 17.5 Å². The first-order valence-electron chi connectivity index (χ1n) is 7.73. The molecule has 3 nitrogen and oxygen atoms in total. The van der Waals surface area contributed by atoms with Gasteiger partial charge in [0, 0.05) is 18.6 Å². The van der Waals surface area contributed by atoms with Gasteiger partial charge in [0.05, 0.1) is 11.5 Å². The summed E-state index contributed by atoms with van der Waals surface area (Å²) in [5, 5.41) is 4.09. The predicted octanol–water partition coefficient (Wildman–Crippen LogP) is 3.64. The lowest BCUT2D eigenvalue weighted by molar-refractivity contribution is -0.144. The molecule has 1 aliphatic heterocycles. The van der Waals surface area contributed by atoms with Gasteiger partial charge >= 0.3 is 0 Å². The van der Waals surface area contributed by atoms with Crippen molar-refractivity contribution in [1.29, 1.82) is 0 Å². The second-order valence-electron chi connectivity index (χ2n) is 6.06. The van der Waals surface area contributed by atoms with Gasteiger partial charge in [0.25, 0.3) is 0 Å². The highest BCUT2D eigenvalue weighted by Gasteiger charge is 2.40. The first-order valence-corrected chi connectivity index (χ1v) is 8.11. The van der Waals surface area contributed by atoms with E-state index < -0.39 is 0 Å². The molecule has 0 bridgehead atoms. The summed E-state index contributed by atoms with van der Waals surface area (Å²) < 4.78 is 0. The average Bonchev–Trinajstić information content (AvgIpc) is 2.53. The van der Waals surface area contributed by atoms with Crippen molar-refractivity contribution in [2.75, 3.05) is 20.1 Å². The first-order chi connectivity index (χ1) is 10.00. The number of carbonyl (C=O) groups is 1. The Labute approximate surface area is 132 Å².